The van der Waals surface area contributed by atoms with Gasteiger partial charge in [0.15, 0.2) is 5.82 Å². The molecular formula is C25H35N7O4. The van der Waals surface area contributed by atoms with Gasteiger partial charge in [-0.25, -0.2) is 14.8 Å². The summed E-state index contributed by atoms with van der Waals surface area (Å²) in [6.07, 6.45) is -0.334. The Labute approximate surface area is 211 Å². The summed E-state index contributed by atoms with van der Waals surface area (Å²) in [6.45, 7) is 10.2. The van der Waals surface area contributed by atoms with Gasteiger partial charge in [0, 0.05) is 57.8 Å². The summed E-state index contributed by atoms with van der Waals surface area (Å²) in [5.74, 6) is 1.08. The minimum absolute atomic E-state index is 0.107. The average molecular weight is 498 g/mol. The van der Waals surface area contributed by atoms with Crippen LogP contribution in [0.25, 0.3) is 11.4 Å². The van der Waals surface area contributed by atoms with Gasteiger partial charge in [-0.3, -0.25) is 14.5 Å². The molecule has 0 spiro atoms. The van der Waals surface area contributed by atoms with E-state index in [0.29, 0.717) is 56.7 Å². The van der Waals surface area contributed by atoms with Crippen molar-refractivity contribution < 1.29 is 19.1 Å². The number of nitrogens with zero attached hydrogens (tertiary/aromatic N) is 4. The molecule has 0 atom stereocenters. The first-order valence-electron chi connectivity index (χ1n) is 12.0. The first kappa shape index (κ1) is 26.9. The Morgan fingerprint density at radius 1 is 0.972 bits per heavy atom. The molecule has 1 fully saturated rings. The number of hydrogen-bond donors (Lipinski definition) is 3. The number of carbonyl (C=O) groups excluding carboxylic acids is 3. The van der Waals surface area contributed by atoms with Gasteiger partial charge >= 0.3 is 6.09 Å². The first-order chi connectivity index (χ1) is 17.1. The van der Waals surface area contributed by atoms with E-state index in [-0.39, 0.29) is 24.5 Å². The zero-order valence-electron chi connectivity index (χ0n) is 21.3. The number of benzene rings is 1. The first-order valence-corrected chi connectivity index (χ1v) is 12.0. The normalized spacial score (nSPS) is 14.2. The van der Waals surface area contributed by atoms with E-state index >= 15 is 0 Å². The van der Waals surface area contributed by atoms with Crippen molar-refractivity contribution in [3.05, 3.63) is 36.4 Å². The summed E-state index contributed by atoms with van der Waals surface area (Å²) in [6, 6.07) is 11.1. The standard InChI is InChI=1S/C25H35N7O4/c1-18(33)26-10-11-27-20-16-21(30-23(29-20)19-8-6-5-7-9-19)28-22(34)17-31-12-14-32(15-13-31)24(35)36-25(2,3)4/h5-9,16H,10-15,17H2,1-4H3,(H,26,33)(H2,27,28,29,30,34). The molecule has 1 aliphatic heterocycles. The Morgan fingerprint density at radius 2 is 1.64 bits per heavy atom. The molecule has 194 valence electrons. The number of rotatable bonds is 8. The molecule has 0 unspecified atom stereocenters. The van der Waals surface area contributed by atoms with Crippen LogP contribution in [0.5, 0.6) is 0 Å². The third-order valence-electron chi connectivity index (χ3n) is 5.22. The number of carbonyl (C=O) groups is 3. The number of hydrogen-bond acceptors (Lipinski definition) is 8. The summed E-state index contributed by atoms with van der Waals surface area (Å²) in [4.78, 5) is 48.9. The van der Waals surface area contributed by atoms with Crippen molar-refractivity contribution in [3.8, 4) is 11.4 Å². The number of aromatic nitrogens is 2. The molecule has 0 aliphatic carbocycles. The van der Waals surface area contributed by atoms with Crippen molar-refractivity contribution in [2.24, 2.45) is 0 Å². The highest BCUT2D eigenvalue weighted by Crippen LogP contribution is 2.20. The Hall–Kier alpha value is -3.73. The Morgan fingerprint density at radius 3 is 2.28 bits per heavy atom. The molecule has 2 heterocycles. The molecule has 2 aromatic rings. The highest BCUT2D eigenvalue weighted by molar-refractivity contribution is 5.92. The highest BCUT2D eigenvalue weighted by atomic mass is 16.6. The second-order valence-electron chi connectivity index (χ2n) is 9.53. The van der Waals surface area contributed by atoms with E-state index in [4.69, 9.17) is 4.74 Å². The topological polar surface area (TPSA) is 129 Å². The highest BCUT2D eigenvalue weighted by Gasteiger charge is 2.26. The van der Waals surface area contributed by atoms with Gasteiger partial charge in [0.2, 0.25) is 11.8 Å². The molecule has 1 aromatic heterocycles. The third kappa shape index (κ3) is 8.81. The quantitative estimate of drug-likeness (QED) is 0.474. The van der Waals surface area contributed by atoms with Crippen LogP contribution >= 0.6 is 0 Å². The van der Waals surface area contributed by atoms with Gasteiger partial charge in [-0.05, 0) is 20.8 Å². The van der Waals surface area contributed by atoms with E-state index in [1.807, 2.05) is 56.0 Å². The average Bonchev–Trinajstić information content (AvgIpc) is 2.81. The van der Waals surface area contributed by atoms with E-state index < -0.39 is 5.60 Å². The maximum absolute atomic E-state index is 12.8. The zero-order valence-corrected chi connectivity index (χ0v) is 21.3. The van der Waals surface area contributed by atoms with Crippen LogP contribution in [0.15, 0.2) is 36.4 Å². The maximum atomic E-state index is 12.8. The van der Waals surface area contributed by atoms with Crippen LogP contribution in [0.2, 0.25) is 0 Å². The molecule has 3 N–H and O–H groups in total. The lowest BCUT2D eigenvalue weighted by Crippen LogP contribution is -2.51. The predicted octanol–water partition coefficient (Wildman–Crippen LogP) is 2.18. The Bertz CT molecular complexity index is 1050. The van der Waals surface area contributed by atoms with Crippen LogP contribution in [0.1, 0.15) is 27.7 Å². The second-order valence-corrected chi connectivity index (χ2v) is 9.53. The van der Waals surface area contributed by atoms with Crippen LogP contribution in [0.4, 0.5) is 16.4 Å². The van der Waals surface area contributed by atoms with Crippen molar-refractivity contribution >= 4 is 29.5 Å². The lowest BCUT2D eigenvalue weighted by molar-refractivity contribution is -0.119. The number of piperazine rings is 1. The fourth-order valence-electron chi connectivity index (χ4n) is 3.55. The summed E-state index contributed by atoms with van der Waals surface area (Å²) < 4.78 is 5.43. The third-order valence-corrected chi connectivity index (χ3v) is 5.22. The maximum Gasteiger partial charge on any atom is 0.410 e. The van der Waals surface area contributed by atoms with Crippen molar-refractivity contribution in [2.45, 2.75) is 33.3 Å². The van der Waals surface area contributed by atoms with Crippen molar-refractivity contribution in [1.82, 2.24) is 25.1 Å². The van der Waals surface area contributed by atoms with E-state index in [9.17, 15) is 14.4 Å². The summed E-state index contributed by atoms with van der Waals surface area (Å²) in [5, 5.41) is 8.75. The Balaban J connectivity index is 1.60. The van der Waals surface area contributed by atoms with Gasteiger partial charge in [-0.2, -0.15) is 0 Å². The van der Waals surface area contributed by atoms with Crippen LogP contribution in [-0.4, -0.2) is 89.1 Å². The number of nitrogens with one attached hydrogen (secondary N) is 3. The van der Waals surface area contributed by atoms with Crippen molar-refractivity contribution in [2.75, 3.05) is 56.4 Å². The number of anilines is 2. The molecular weight excluding hydrogens is 462 g/mol. The molecule has 3 rings (SSSR count). The minimum atomic E-state index is -0.540. The smallest absolute Gasteiger partial charge is 0.410 e. The van der Waals surface area contributed by atoms with Gasteiger partial charge in [0.25, 0.3) is 0 Å². The Kier molecular flexibility index (Phi) is 9.18. The molecule has 1 aromatic carbocycles. The molecule has 11 heteroatoms. The molecule has 0 saturated carbocycles. The van der Waals surface area contributed by atoms with Crippen LogP contribution < -0.4 is 16.0 Å². The zero-order chi connectivity index (χ0) is 26.1. The summed E-state index contributed by atoms with van der Waals surface area (Å²) in [5.41, 5.74) is 0.277. The van der Waals surface area contributed by atoms with E-state index in [1.165, 1.54) is 6.92 Å². The van der Waals surface area contributed by atoms with E-state index in [1.54, 1.807) is 11.0 Å². The fourth-order valence-corrected chi connectivity index (χ4v) is 3.55. The predicted molar refractivity (Wildman–Crippen MR) is 138 cm³/mol. The van der Waals surface area contributed by atoms with Crippen LogP contribution in [0.3, 0.4) is 0 Å². The fraction of sp³-hybridized carbons (Fsp3) is 0.480. The van der Waals surface area contributed by atoms with Crippen molar-refractivity contribution in [3.63, 3.8) is 0 Å². The molecule has 1 aliphatic rings. The molecule has 36 heavy (non-hydrogen) atoms. The van der Waals surface area contributed by atoms with E-state index in [0.717, 1.165) is 5.56 Å². The second kappa shape index (κ2) is 12.3. The summed E-state index contributed by atoms with van der Waals surface area (Å²) >= 11 is 0. The SMILES string of the molecule is CC(=O)NCCNc1cc(NC(=O)CN2CCN(C(=O)OC(C)(C)C)CC2)nc(-c2ccccc2)n1. The van der Waals surface area contributed by atoms with Gasteiger partial charge in [-0.1, -0.05) is 30.3 Å². The molecule has 3 amide bonds. The van der Waals surface area contributed by atoms with Gasteiger partial charge in [0.05, 0.1) is 6.54 Å². The largest absolute Gasteiger partial charge is 0.444 e. The van der Waals surface area contributed by atoms with Crippen LogP contribution in [-0.2, 0) is 14.3 Å². The number of ether oxygens (including phenoxy) is 1. The molecule has 11 nitrogen and oxygen atoms in total. The number of amides is 3. The summed E-state index contributed by atoms with van der Waals surface area (Å²) in [7, 11) is 0. The lowest BCUT2D eigenvalue weighted by Gasteiger charge is -2.35. The lowest BCUT2D eigenvalue weighted by atomic mass is 10.2. The molecule has 1 saturated heterocycles. The van der Waals surface area contributed by atoms with Gasteiger partial charge in [0.1, 0.15) is 17.2 Å². The van der Waals surface area contributed by atoms with Gasteiger partial charge < -0.3 is 25.6 Å². The molecule has 0 radical (unpaired) electrons. The van der Waals surface area contributed by atoms with Crippen molar-refractivity contribution in [1.29, 1.82) is 0 Å². The van der Waals surface area contributed by atoms with E-state index in [2.05, 4.69) is 25.9 Å². The molecule has 0 bridgehead atoms. The van der Waals surface area contributed by atoms with Crippen LogP contribution in [0, 0.1) is 0 Å². The monoisotopic (exact) mass is 497 g/mol. The van der Waals surface area contributed by atoms with Gasteiger partial charge in [-0.15, -0.1) is 0 Å². The minimum Gasteiger partial charge on any atom is -0.444 e.